The molecule has 2 amide bonds. The summed E-state index contributed by atoms with van der Waals surface area (Å²) in [6, 6.07) is 5.23. The third-order valence-corrected chi connectivity index (χ3v) is 3.66. The third-order valence-electron chi connectivity index (χ3n) is 3.66. The average Bonchev–Trinajstić information content (AvgIpc) is 3.02. The Labute approximate surface area is 127 Å². The summed E-state index contributed by atoms with van der Waals surface area (Å²) in [5.41, 5.74) is 1.96. The summed E-state index contributed by atoms with van der Waals surface area (Å²) in [6.45, 7) is 4.09. The zero-order chi connectivity index (χ0) is 15.5. The molecule has 0 bridgehead atoms. The zero-order valence-corrected chi connectivity index (χ0v) is 12.3. The molecule has 8 heteroatoms. The molecule has 1 fully saturated rings. The number of rotatable bonds is 2. The van der Waals surface area contributed by atoms with Gasteiger partial charge in [0.2, 0.25) is 0 Å². The fraction of sp³-hybridized carbons (Fsp3) is 0.429. The van der Waals surface area contributed by atoms with Crippen LogP contribution < -0.4 is 0 Å². The predicted molar refractivity (Wildman–Crippen MR) is 78.4 cm³/mol. The highest BCUT2D eigenvalue weighted by Gasteiger charge is 2.25. The minimum absolute atomic E-state index is 0.0617. The standard InChI is InChI=1S/C14H17N5O3/c1-2-22-14(21)19-7-5-18(6-8-19)13(20)10-3-4-11-12(9-10)16-17-15-11/h3-4,9H,2,5-8H2,1H3,(H,15,16,17). The number of carbonyl (C=O) groups excluding carboxylic acids is 2. The Bertz CT molecular complexity index is 691. The summed E-state index contributed by atoms with van der Waals surface area (Å²) < 4.78 is 4.97. The molecule has 8 nitrogen and oxygen atoms in total. The monoisotopic (exact) mass is 303 g/mol. The topological polar surface area (TPSA) is 91.4 Å². The van der Waals surface area contributed by atoms with Crippen molar-refractivity contribution in [2.75, 3.05) is 32.8 Å². The number of nitrogens with zero attached hydrogens (tertiary/aromatic N) is 4. The highest BCUT2D eigenvalue weighted by molar-refractivity contribution is 5.97. The Kier molecular flexibility index (Phi) is 3.90. The number of piperazine rings is 1. The van der Waals surface area contributed by atoms with Crippen LogP contribution in [0.3, 0.4) is 0 Å². The summed E-state index contributed by atoms with van der Waals surface area (Å²) in [4.78, 5) is 27.5. The van der Waals surface area contributed by atoms with Crippen molar-refractivity contribution >= 4 is 23.0 Å². The van der Waals surface area contributed by atoms with Crippen LogP contribution in [-0.4, -0.2) is 70.0 Å². The van der Waals surface area contributed by atoms with E-state index in [2.05, 4.69) is 15.4 Å². The number of fused-ring (bicyclic) bond motifs is 1. The smallest absolute Gasteiger partial charge is 0.409 e. The van der Waals surface area contributed by atoms with Gasteiger partial charge in [0, 0.05) is 31.7 Å². The highest BCUT2D eigenvalue weighted by Crippen LogP contribution is 2.14. The molecule has 1 aromatic heterocycles. The number of amides is 2. The molecule has 0 spiro atoms. The molecule has 116 valence electrons. The van der Waals surface area contributed by atoms with Crippen LogP contribution in [-0.2, 0) is 4.74 Å². The number of carbonyl (C=O) groups is 2. The Balaban J connectivity index is 1.65. The lowest BCUT2D eigenvalue weighted by molar-refractivity contribution is 0.0570. The summed E-state index contributed by atoms with van der Waals surface area (Å²) in [7, 11) is 0. The van der Waals surface area contributed by atoms with E-state index in [1.807, 2.05) is 0 Å². The summed E-state index contributed by atoms with van der Waals surface area (Å²) in [6.07, 6.45) is -0.321. The lowest BCUT2D eigenvalue weighted by atomic mass is 10.1. The van der Waals surface area contributed by atoms with E-state index < -0.39 is 0 Å². The van der Waals surface area contributed by atoms with Crippen molar-refractivity contribution in [3.8, 4) is 0 Å². The first-order valence-electron chi connectivity index (χ1n) is 7.20. The van der Waals surface area contributed by atoms with E-state index in [1.165, 1.54) is 0 Å². The minimum Gasteiger partial charge on any atom is -0.450 e. The van der Waals surface area contributed by atoms with Gasteiger partial charge >= 0.3 is 6.09 Å². The van der Waals surface area contributed by atoms with Gasteiger partial charge in [-0.2, -0.15) is 15.4 Å². The van der Waals surface area contributed by atoms with Crippen molar-refractivity contribution in [1.82, 2.24) is 25.2 Å². The van der Waals surface area contributed by atoms with Crippen LogP contribution >= 0.6 is 0 Å². The van der Waals surface area contributed by atoms with E-state index in [0.717, 1.165) is 5.52 Å². The second-order valence-corrected chi connectivity index (χ2v) is 5.01. The van der Waals surface area contributed by atoms with Crippen molar-refractivity contribution in [3.05, 3.63) is 23.8 Å². The van der Waals surface area contributed by atoms with E-state index in [4.69, 9.17) is 4.74 Å². The number of H-pyrrole nitrogens is 1. The SMILES string of the molecule is CCOC(=O)N1CCN(C(=O)c2ccc3n[nH]nc3c2)CC1. The van der Waals surface area contributed by atoms with Crippen molar-refractivity contribution in [2.24, 2.45) is 0 Å². The number of benzene rings is 1. The minimum atomic E-state index is -0.321. The number of aromatic amines is 1. The first kappa shape index (κ1) is 14.3. The van der Waals surface area contributed by atoms with Gasteiger partial charge in [-0.15, -0.1) is 0 Å². The number of nitrogens with one attached hydrogen (secondary N) is 1. The van der Waals surface area contributed by atoms with E-state index in [-0.39, 0.29) is 12.0 Å². The van der Waals surface area contributed by atoms with Crippen molar-refractivity contribution < 1.29 is 14.3 Å². The molecule has 1 N–H and O–H groups in total. The Morgan fingerprint density at radius 3 is 2.55 bits per heavy atom. The molecular weight excluding hydrogens is 286 g/mol. The van der Waals surface area contributed by atoms with Gasteiger partial charge in [-0.05, 0) is 25.1 Å². The first-order valence-corrected chi connectivity index (χ1v) is 7.20. The van der Waals surface area contributed by atoms with Gasteiger partial charge in [0.15, 0.2) is 0 Å². The first-order chi connectivity index (χ1) is 10.7. The molecule has 0 atom stereocenters. The molecule has 1 aliphatic rings. The number of hydrogen-bond donors (Lipinski definition) is 1. The maximum absolute atomic E-state index is 12.5. The van der Waals surface area contributed by atoms with Gasteiger partial charge in [0.05, 0.1) is 6.61 Å². The van der Waals surface area contributed by atoms with Crippen molar-refractivity contribution in [1.29, 1.82) is 0 Å². The lowest BCUT2D eigenvalue weighted by Gasteiger charge is -2.34. The molecule has 0 aliphatic carbocycles. The zero-order valence-electron chi connectivity index (χ0n) is 12.3. The summed E-state index contributed by atoms with van der Waals surface area (Å²) in [5.74, 6) is -0.0617. The van der Waals surface area contributed by atoms with E-state index in [1.54, 1.807) is 34.9 Å². The van der Waals surface area contributed by atoms with Crippen molar-refractivity contribution in [3.63, 3.8) is 0 Å². The number of ether oxygens (including phenoxy) is 1. The van der Waals surface area contributed by atoms with Gasteiger partial charge in [-0.3, -0.25) is 4.79 Å². The molecule has 0 unspecified atom stereocenters. The number of hydrogen-bond acceptors (Lipinski definition) is 5. The van der Waals surface area contributed by atoms with Crippen LogP contribution in [0.25, 0.3) is 11.0 Å². The molecule has 1 aromatic carbocycles. The number of aromatic nitrogens is 3. The molecule has 0 radical (unpaired) electrons. The van der Waals surface area contributed by atoms with E-state index in [0.29, 0.717) is 43.9 Å². The van der Waals surface area contributed by atoms with Gasteiger partial charge in [0.25, 0.3) is 5.91 Å². The Morgan fingerprint density at radius 1 is 1.14 bits per heavy atom. The molecule has 22 heavy (non-hydrogen) atoms. The van der Waals surface area contributed by atoms with Crippen LogP contribution in [0.4, 0.5) is 4.79 Å². The highest BCUT2D eigenvalue weighted by atomic mass is 16.6. The summed E-state index contributed by atoms with van der Waals surface area (Å²) in [5, 5.41) is 10.5. The molecule has 2 aromatic rings. The van der Waals surface area contributed by atoms with Crippen LogP contribution in [0.2, 0.25) is 0 Å². The molecule has 1 saturated heterocycles. The van der Waals surface area contributed by atoms with Crippen LogP contribution in [0, 0.1) is 0 Å². The quantitative estimate of drug-likeness (QED) is 0.889. The maximum Gasteiger partial charge on any atom is 0.409 e. The van der Waals surface area contributed by atoms with E-state index in [9.17, 15) is 9.59 Å². The van der Waals surface area contributed by atoms with Crippen LogP contribution in [0.5, 0.6) is 0 Å². The Morgan fingerprint density at radius 2 is 1.82 bits per heavy atom. The Hall–Kier alpha value is -2.64. The maximum atomic E-state index is 12.5. The van der Waals surface area contributed by atoms with E-state index >= 15 is 0 Å². The molecular formula is C14H17N5O3. The van der Waals surface area contributed by atoms with Gasteiger partial charge < -0.3 is 14.5 Å². The van der Waals surface area contributed by atoms with Crippen molar-refractivity contribution in [2.45, 2.75) is 6.92 Å². The largest absolute Gasteiger partial charge is 0.450 e. The third kappa shape index (κ3) is 2.72. The normalized spacial score (nSPS) is 15.1. The predicted octanol–water partition coefficient (Wildman–Crippen LogP) is 0.872. The summed E-state index contributed by atoms with van der Waals surface area (Å²) >= 11 is 0. The fourth-order valence-electron chi connectivity index (χ4n) is 2.46. The van der Waals surface area contributed by atoms with Crippen LogP contribution in [0.15, 0.2) is 18.2 Å². The molecule has 1 aliphatic heterocycles. The van der Waals surface area contributed by atoms with Gasteiger partial charge in [0.1, 0.15) is 11.0 Å². The second-order valence-electron chi connectivity index (χ2n) is 5.01. The van der Waals surface area contributed by atoms with Gasteiger partial charge in [-0.1, -0.05) is 0 Å². The average molecular weight is 303 g/mol. The van der Waals surface area contributed by atoms with Gasteiger partial charge in [-0.25, -0.2) is 4.79 Å². The molecule has 2 heterocycles. The fourth-order valence-corrected chi connectivity index (χ4v) is 2.46. The molecule has 0 saturated carbocycles. The second kappa shape index (κ2) is 6.00. The van der Waals surface area contributed by atoms with Crippen LogP contribution in [0.1, 0.15) is 17.3 Å². The lowest BCUT2D eigenvalue weighted by Crippen LogP contribution is -2.50. The molecule has 3 rings (SSSR count).